The predicted molar refractivity (Wildman–Crippen MR) is 57.8 cm³/mol. The van der Waals surface area contributed by atoms with Gasteiger partial charge in [0.15, 0.2) is 6.33 Å². The van der Waals surface area contributed by atoms with Crippen molar-refractivity contribution in [1.82, 2.24) is 9.55 Å². The van der Waals surface area contributed by atoms with E-state index in [-0.39, 0.29) is 0 Å². The number of para-hydroxylation sites is 1. The number of rotatable bonds is 4. The lowest BCUT2D eigenvalue weighted by Gasteiger charge is -2.07. The number of aromatic nitrogens is 2. The van der Waals surface area contributed by atoms with Gasteiger partial charge in [-0.1, -0.05) is 18.2 Å². The molecule has 0 fully saturated rings. The van der Waals surface area contributed by atoms with Crippen LogP contribution in [-0.2, 0) is 13.0 Å². The largest absolute Gasteiger partial charge is 0.496 e. The smallest absolute Gasteiger partial charge is 0.176 e. The summed E-state index contributed by atoms with van der Waals surface area (Å²) in [5.41, 5.74) is 1.21. The minimum absolute atomic E-state index is 0.875. The highest BCUT2D eigenvalue weighted by Gasteiger charge is 2.01. The maximum absolute atomic E-state index is 5.28. The van der Waals surface area contributed by atoms with Crippen molar-refractivity contribution in [3.05, 3.63) is 48.5 Å². The second kappa shape index (κ2) is 4.64. The van der Waals surface area contributed by atoms with E-state index in [0.29, 0.717) is 0 Å². The summed E-state index contributed by atoms with van der Waals surface area (Å²) in [5.74, 6) is 0.942. The van der Waals surface area contributed by atoms with E-state index >= 15 is 0 Å². The highest BCUT2D eigenvalue weighted by atomic mass is 16.5. The fourth-order valence-electron chi connectivity index (χ4n) is 1.53. The topological polar surface area (TPSA) is 27.1 Å². The molecule has 0 spiro atoms. The summed E-state index contributed by atoms with van der Waals surface area (Å²) in [6.07, 6.45) is 7.45. The van der Waals surface area contributed by atoms with Crippen molar-refractivity contribution in [2.45, 2.75) is 13.0 Å². The Bertz CT molecular complexity index is 409. The second-order valence-corrected chi connectivity index (χ2v) is 3.28. The molecular formula is C12H13N2O. The molecule has 2 rings (SSSR count). The third-order valence-corrected chi connectivity index (χ3v) is 2.32. The van der Waals surface area contributed by atoms with Crippen LogP contribution in [0.4, 0.5) is 0 Å². The van der Waals surface area contributed by atoms with Gasteiger partial charge in [-0.15, -0.1) is 0 Å². The van der Waals surface area contributed by atoms with E-state index in [1.165, 1.54) is 5.56 Å². The summed E-state index contributed by atoms with van der Waals surface area (Å²) >= 11 is 0. The van der Waals surface area contributed by atoms with E-state index in [9.17, 15) is 0 Å². The number of benzene rings is 1. The molecule has 0 saturated heterocycles. The number of methoxy groups -OCH3 is 1. The first-order valence-corrected chi connectivity index (χ1v) is 4.91. The van der Waals surface area contributed by atoms with Gasteiger partial charge in [-0.25, -0.2) is 4.98 Å². The fourth-order valence-corrected chi connectivity index (χ4v) is 1.53. The third-order valence-electron chi connectivity index (χ3n) is 2.32. The van der Waals surface area contributed by atoms with Crippen LogP contribution in [0.3, 0.4) is 0 Å². The molecule has 1 aromatic carbocycles. The second-order valence-electron chi connectivity index (χ2n) is 3.28. The third kappa shape index (κ3) is 2.37. The molecule has 2 aromatic rings. The molecule has 0 aliphatic rings. The van der Waals surface area contributed by atoms with Gasteiger partial charge in [0.05, 0.1) is 7.11 Å². The zero-order chi connectivity index (χ0) is 10.5. The van der Waals surface area contributed by atoms with Crippen molar-refractivity contribution in [3.63, 3.8) is 0 Å². The summed E-state index contributed by atoms with van der Waals surface area (Å²) in [5, 5.41) is 0. The summed E-state index contributed by atoms with van der Waals surface area (Å²) in [6.45, 7) is 0.875. The van der Waals surface area contributed by atoms with Crippen molar-refractivity contribution in [1.29, 1.82) is 0 Å². The van der Waals surface area contributed by atoms with Crippen molar-refractivity contribution in [3.8, 4) is 5.75 Å². The van der Waals surface area contributed by atoms with Crippen LogP contribution in [0.5, 0.6) is 5.75 Å². The molecule has 0 aliphatic carbocycles. The lowest BCUT2D eigenvalue weighted by Crippen LogP contribution is -2.00. The minimum Gasteiger partial charge on any atom is -0.496 e. The SMILES string of the molecule is COc1ccccc1CCn1[c]ncc1. The highest BCUT2D eigenvalue weighted by molar-refractivity contribution is 5.33. The maximum Gasteiger partial charge on any atom is 0.176 e. The average molecular weight is 201 g/mol. The van der Waals surface area contributed by atoms with Crippen LogP contribution >= 0.6 is 0 Å². The molecule has 1 aromatic heterocycles. The Morgan fingerprint density at radius 2 is 2.27 bits per heavy atom. The molecule has 0 saturated carbocycles. The number of aryl methyl sites for hydroxylation is 2. The van der Waals surface area contributed by atoms with E-state index in [4.69, 9.17) is 4.74 Å². The van der Waals surface area contributed by atoms with Gasteiger partial charge >= 0.3 is 0 Å². The van der Waals surface area contributed by atoms with E-state index in [0.717, 1.165) is 18.7 Å². The molecule has 1 heterocycles. The van der Waals surface area contributed by atoms with Crippen LogP contribution < -0.4 is 4.74 Å². The summed E-state index contributed by atoms with van der Waals surface area (Å²) < 4.78 is 7.22. The Morgan fingerprint density at radius 3 is 3.00 bits per heavy atom. The van der Waals surface area contributed by atoms with Gasteiger partial charge in [0, 0.05) is 18.9 Å². The quantitative estimate of drug-likeness (QED) is 0.755. The first kappa shape index (κ1) is 9.77. The number of nitrogens with zero attached hydrogens (tertiary/aromatic N) is 2. The standard InChI is InChI=1S/C12H13N2O/c1-15-12-5-3-2-4-11(12)6-8-14-9-7-13-10-14/h2-5,7,9H,6,8H2,1H3. The molecule has 15 heavy (non-hydrogen) atoms. The molecule has 1 radical (unpaired) electrons. The molecule has 0 amide bonds. The molecular weight excluding hydrogens is 188 g/mol. The van der Waals surface area contributed by atoms with Crippen molar-refractivity contribution >= 4 is 0 Å². The van der Waals surface area contributed by atoms with Crippen LogP contribution in [0.2, 0.25) is 0 Å². The Hall–Kier alpha value is -1.77. The first-order chi connectivity index (χ1) is 7.40. The Labute approximate surface area is 89.3 Å². The highest BCUT2D eigenvalue weighted by Crippen LogP contribution is 2.17. The Kier molecular flexibility index (Phi) is 3.02. The van der Waals surface area contributed by atoms with Gasteiger partial charge in [-0.2, -0.15) is 0 Å². The number of ether oxygens (including phenoxy) is 1. The van der Waals surface area contributed by atoms with E-state index in [1.807, 2.05) is 29.0 Å². The molecule has 0 atom stereocenters. The molecule has 3 heteroatoms. The van der Waals surface area contributed by atoms with Crippen LogP contribution in [0.25, 0.3) is 0 Å². The number of hydrogen-bond acceptors (Lipinski definition) is 2. The average Bonchev–Trinajstić information content (AvgIpc) is 2.79. The number of hydrogen-bond donors (Lipinski definition) is 0. The normalized spacial score (nSPS) is 10.2. The minimum atomic E-state index is 0.875. The summed E-state index contributed by atoms with van der Waals surface area (Å²) in [6, 6.07) is 8.06. The van der Waals surface area contributed by atoms with Gasteiger partial charge in [0.25, 0.3) is 0 Å². The molecule has 0 bridgehead atoms. The van der Waals surface area contributed by atoms with Gasteiger partial charge in [-0.05, 0) is 18.1 Å². The van der Waals surface area contributed by atoms with Gasteiger partial charge in [0.2, 0.25) is 0 Å². The molecule has 3 nitrogen and oxygen atoms in total. The zero-order valence-corrected chi connectivity index (χ0v) is 8.68. The molecule has 0 N–H and O–H groups in total. The monoisotopic (exact) mass is 201 g/mol. The van der Waals surface area contributed by atoms with Crippen molar-refractivity contribution in [2.24, 2.45) is 0 Å². The summed E-state index contributed by atoms with van der Waals surface area (Å²) in [7, 11) is 1.70. The zero-order valence-electron chi connectivity index (χ0n) is 8.68. The number of imidazole rings is 1. The molecule has 0 aliphatic heterocycles. The van der Waals surface area contributed by atoms with Gasteiger partial charge < -0.3 is 9.30 Å². The van der Waals surface area contributed by atoms with Crippen LogP contribution in [0.1, 0.15) is 5.56 Å². The first-order valence-electron chi connectivity index (χ1n) is 4.91. The van der Waals surface area contributed by atoms with Crippen LogP contribution in [0, 0.1) is 6.33 Å². The van der Waals surface area contributed by atoms with Crippen molar-refractivity contribution in [2.75, 3.05) is 7.11 Å². The van der Waals surface area contributed by atoms with Crippen LogP contribution in [-0.4, -0.2) is 16.7 Å². The predicted octanol–water partition coefficient (Wildman–Crippen LogP) is 1.93. The van der Waals surface area contributed by atoms with E-state index < -0.39 is 0 Å². The van der Waals surface area contributed by atoms with Gasteiger partial charge in [-0.3, -0.25) is 0 Å². The molecule has 0 unspecified atom stereocenters. The maximum atomic E-state index is 5.28. The van der Waals surface area contributed by atoms with E-state index in [2.05, 4.69) is 17.4 Å². The fraction of sp³-hybridized carbons (Fsp3) is 0.250. The summed E-state index contributed by atoms with van der Waals surface area (Å²) in [4.78, 5) is 3.88. The van der Waals surface area contributed by atoms with Crippen molar-refractivity contribution < 1.29 is 4.74 Å². The lowest BCUT2D eigenvalue weighted by atomic mass is 10.1. The lowest BCUT2D eigenvalue weighted by molar-refractivity contribution is 0.408. The van der Waals surface area contributed by atoms with Crippen LogP contribution in [0.15, 0.2) is 36.7 Å². The Morgan fingerprint density at radius 1 is 1.40 bits per heavy atom. The van der Waals surface area contributed by atoms with Gasteiger partial charge in [0.1, 0.15) is 5.75 Å². The molecule has 77 valence electrons. The van der Waals surface area contributed by atoms with E-state index in [1.54, 1.807) is 13.3 Å². The Balaban J connectivity index is 2.04.